The Hall–Kier alpha value is -1.34. The summed E-state index contributed by atoms with van der Waals surface area (Å²) in [6.07, 6.45) is 2.07. The fourth-order valence-corrected chi connectivity index (χ4v) is 1.81. The number of rotatable bonds is 4. The molecule has 0 aliphatic rings. The average molecular weight is 346 g/mol. The van der Waals surface area contributed by atoms with Gasteiger partial charge in [0, 0.05) is 11.0 Å². The van der Waals surface area contributed by atoms with Crippen LogP contribution in [0.25, 0.3) is 0 Å². The number of hydrazine groups is 1. The number of phenols is 1. The van der Waals surface area contributed by atoms with Gasteiger partial charge in [0.05, 0.1) is 5.56 Å². The second-order valence-electron chi connectivity index (χ2n) is 3.85. The van der Waals surface area contributed by atoms with Crippen LogP contribution in [0, 0.1) is 0 Å². The fourth-order valence-electron chi connectivity index (χ4n) is 1.29. The van der Waals surface area contributed by atoms with E-state index in [1.807, 2.05) is 0 Å². The number of thiocarbonyl (C=S) groups is 1. The molecule has 0 saturated carbocycles. The van der Waals surface area contributed by atoms with E-state index in [-0.39, 0.29) is 11.3 Å². The van der Waals surface area contributed by atoms with Gasteiger partial charge in [0.1, 0.15) is 5.75 Å². The third-order valence-corrected chi connectivity index (χ3v) is 3.05. The number of nitrogens with one attached hydrogen (secondary N) is 3. The van der Waals surface area contributed by atoms with Crippen LogP contribution in [0.5, 0.6) is 5.75 Å². The summed E-state index contributed by atoms with van der Waals surface area (Å²) in [6, 6.07) is 4.62. The van der Waals surface area contributed by atoms with E-state index in [0.717, 1.165) is 19.4 Å². The van der Waals surface area contributed by atoms with Crippen molar-refractivity contribution in [2.45, 2.75) is 19.8 Å². The number of benzene rings is 1. The molecule has 104 valence electrons. The summed E-state index contributed by atoms with van der Waals surface area (Å²) in [6.45, 7) is 2.83. The average Bonchev–Trinajstić information content (AvgIpc) is 2.39. The van der Waals surface area contributed by atoms with Crippen molar-refractivity contribution in [1.82, 2.24) is 16.2 Å². The van der Waals surface area contributed by atoms with Gasteiger partial charge in [0.2, 0.25) is 0 Å². The highest BCUT2D eigenvalue weighted by Crippen LogP contribution is 2.21. The van der Waals surface area contributed by atoms with Gasteiger partial charge in [-0.05, 0) is 36.8 Å². The summed E-state index contributed by atoms with van der Waals surface area (Å²) in [7, 11) is 0. The van der Waals surface area contributed by atoms with Crippen molar-refractivity contribution >= 4 is 39.2 Å². The highest BCUT2D eigenvalue weighted by atomic mass is 79.9. The summed E-state index contributed by atoms with van der Waals surface area (Å²) < 4.78 is 0.707. The van der Waals surface area contributed by atoms with Gasteiger partial charge in [-0.15, -0.1) is 0 Å². The molecule has 0 fully saturated rings. The smallest absolute Gasteiger partial charge is 0.273 e. The molecule has 7 heteroatoms. The molecular formula is C12H16BrN3O2S. The number of amides is 1. The Morgan fingerprint density at radius 1 is 1.42 bits per heavy atom. The van der Waals surface area contributed by atoms with Gasteiger partial charge >= 0.3 is 0 Å². The van der Waals surface area contributed by atoms with E-state index in [4.69, 9.17) is 12.2 Å². The second-order valence-corrected chi connectivity index (χ2v) is 5.17. The lowest BCUT2D eigenvalue weighted by atomic mass is 10.2. The third-order valence-electron chi connectivity index (χ3n) is 2.31. The molecule has 0 radical (unpaired) electrons. The predicted octanol–water partition coefficient (Wildman–Crippen LogP) is 2.06. The van der Waals surface area contributed by atoms with Gasteiger partial charge in [0.25, 0.3) is 5.91 Å². The summed E-state index contributed by atoms with van der Waals surface area (Å²) in [4.78, 5) is 11.8. The molecule has 4 N–H and O–H groups in total. The number of aromatic hydroxyl groups is 1. The number of halogens is 1. The van der Waals surface area contributed by atoms with E-state index in [2.05, 4.69) is 39.0 Å². The molecule has 1 aromatic carbocycles. The second kappa shape index (κ2) is 7.96. The summed E-state index contributed by atoms with van der Waals surface area (Å²) >= 11 is 8.22. The Kier molecular flexibility index (Phi) is 6.58. The largest absolute Gasteiger partial charge is 0.507 e. The number of hydrogen-bond donors (Lipinski definition) is 4. The van der Waals surface area contributed by atoms with Crippen LogP contribution in [0.4, 0.5) is 0 Å². The molecule has 0 aliphatic carbocycles. The summed E-state index contributed by atoms with van der Waals surface area (Å²) in [5.41, 5.74) is 5.17. The molecule has 0 unspecified atom stereocenters. The van der Waals surface area contributed by atoms with Crippen LogP contribution in [0.3, 0.4) is 0 Å². The predicted molar refractivity (Wildman–Crippen MR) is 81.9 cm³/mol. The van der Waals surface area contributed by atoms with Gasteiger partial charge in [0.15, 0.2) is 5.11 Å². The molecule has 5 nitrogen and oxygen atoms in total. The number of hydrogen-bond acceptors (Lipinski definition) is 3. The van der Waals surface area contributed by atoms with Crippen LogP contribution in [-0.4, -0.2) is 22.7 Å². The van der Waals surface area contributed by atoms with Crippen LogP contribution >= 0.6 is 28.1 Å². The molecule has 1 aromatic rings. The molecule has 0 heterocycles. The minimum atomic E-state index is -0.460. The van der Waals surface area contributed by atoms with Crippen molar-refractivity contribution in [2.24, 2.45) is 0 Å². The molecule has 0 aromatic heterocycles. The Bertz CT molecular complexity index is 468. The van der Waals surface area contributed by atoms with Crippen molar-refractivity contribution in [1.29, 1.82) is 0 Å². The number of unbranched alkanes of at least 4 members (excludes halogenated alkanes) is 1. The minimum absolute atomic E-state index is 0.0904. The molecule has 0 bridgehead atoms. The lowest BCUT2D eigenvalue weighted by Crippen LogP contribution is -2.46. The maximum absolute atomic E-state index is 11.8. The van der Waals surface area contributed by atoms with E-state index in [0.29, 0.717) is 9.59 Å². The van der Waals surface area contributed by atoms with Crippen molar-refractivity contribution in [3.8, 4) is 5.75 Å². The molecule has 1 amide bonds. The number of carbonyl (C=O) groups is 1. The topological polar surface area (TPSA) is 73.4 Å². The van der Waals surface area contributed by atoms with E-state index >= 15 is 0 Å². The lowest BCUT2D eigenvalue weighted by Gasteiger charge is -2.11. The minimum Gasteiger partial charge on any atom is -0.507 e. The maximum Gasteiger partial charge on any atom is 0.273 e. The first-order valence-electron chi connectivity index (χ1n) is 5.87. The van der Waals surface area contributed by atoms with Gasteiger partial charge in [-0.2, -0.15) is 0 Å². The van der Waals surface area contributed by atoms with Crippen LogP contribution in [-0.2, 0) is 0 Å². The Morgan fingerprint density at radius 2 is 2.16 bits per heavy atom. The normalized spacial score (nSPS) is 9.79. The number of phenolic OH excluding ortho intramolecular Hbond substituents is 1. The van der Waals surface area contributed by atoms with E-state index in [1.54, 1.807) is 6.07 Å². The van der Waals surface area contributed by atoms with Gasteiger partial charge in [-0.25, -0.2) is 0 Å². The Morgan fingerprint density at radius 3 is 2.84 bits per heavy atom. The molecule has 0 saturated heterocycles. The van der Waals surface area contributed by atoms with E-state index in [9.17, 15) is 9.90 Å². The highest BCUT2D eigenvalue weighted by Gasteiger charge is 2.11. The first kappa shape index (κ1) is 15.7. The van der Waals surface area contributed by atoms with Crippen molar-refractivity contribution in [3.63, 3.8) is 0 Å². The van der Waals surface area contributed by atoms with Crippen molar-refractivity contribution < 1.29 is 9.90 Å². The quantitative estimate of drug-likeness (QED) is 0.382. The van der Waals surface area contributed by atoms with Gasteiger partial charge in [-0.1, -0.05) is 29.3 Å². The molecule has 1 rings (SSSR count). The van der Waals surface area contributed by atoms with E-state index in [1.165, 1.54) is 12.1 Å². The molecule has 0 atom stereocenters. The van der Waals surface area contributed by atoms with Crippen molar-refractivity contribution in [3.05, 3.63) is 28.2 Å². The molecule has 0 spiro atoms. The monoisotopic (exact) mass is 345 g/mol. The Balaban J connectivity index is 2.47. The van der Waals surface area contributed by atoms with Crippen LogP contribution in [0.15, 0.2) is 22.7 Å². The first-order chi connectivity index (χ1) is 9.04. The number of carbonyl (C=O) groups excluding carboxylic acids is 1. The van der Waals surface area contributed by atoms with Gasteiger partial charge < -0.3 is 10.4 Å². The maximum atomic E-state index is 11.8. The molecule has 19 heavy (non-hydrogen) atoms. The van der Waals surface area contributed by atoms with Crippen LogP contribution < -0.4 is 16.2 Å². The Labute approximate surface area is 125 Å². The molecule has 0 aliphatic heterocycles. The van der Waals surface area contributed by atoms with Crippen LogP contribution in [0.2, 0.25) is 0 Å². The summed E-state index contributed by atoms with van der Waals surface area (Å²) in [5, 5.41) is 12.9. The zero-order valence-electron chi connectivity index (χ0n) is 10.5. The fraction of sp³-hybridized carbons (Fsp3) is 0.333. The lowest BCUT2D eigenvalue weighted by molar-refractivity contribution is 0.0941. The highest BCUT2D eigenvalue weighted by molar-refractivity contribution is 9.10. The van der Waals surface area contributed by atoms with Crippen LogP contribution in [0.1, 0.15) is 30.1 Å². The first-order valence-corrected chi connectivity index (χ1v) is 7.07. The van der Waals surface area contributed by atoms with E-state index < -0.39 is 5.91 Å². The standard InChI is InChI=1S/C12H16BrN3O2S/c1-2-3-6-14-12(19)16-15-11(18)9-7-8(13)4-5-10(9)17/h4-5,7,17H,2-3,6H2,1H3,(H,15,18)(H2,14,16,19). The van der Waals surface area contributed by atoms with Gasteiger partial charge in [-0.3, -0.25) is 15.6 Å². The molecular weight excluding hydrogens is 330 g/mol. The SMILES string of the molecule is CCCCNC(=S)NNC(=O)c1cc(Br)ccc1O. The zero-order valence-corrected chi connectivity index (χ0v) is 12.9. The third kappa shape index (κ3) is 5.44. The summed E-state index contributed by atoms with van der Waals surface area (Å²) in [5.74, 6) is -0.550. The van der Waals surface area contributed by atoms with Crippen molar-refractivity contribution in [2.75, 3.05) is 6.54 Å². The zero-order chi connectivity index (χ0) is 14.3.